The number of nitrogens with one attached hydrogen (secondary N) is 1. The topological polar surface area (TPSA) is 75.1 Å². The van der Waals surface area contributed by atoms with Crippen LogP contribution in [0.2, 0.25) is 0 Å². The lowest BCUT2D eigenvalue weighted by Gasteiger charge is -2.01. The molecule has 0 fully saturated rings. The van der Waals surface area contributed by atoms with Crippen molar-refractivity contribution in [2.75, 3.05) is 5.32 Å². The lowest BCUT2D eigenvalue weighted by atomic mass is 10.3. The molecule has 0 radical (unpaired) electrons. The van der Waals surface area contributed by atoms with E-state index in [2.05, 4.69) is 15.3 Å². The monoisotopic (exact) mass is 235 g/mol. The second-order valence-electron chi connectivity index (χ2n) is 3.11. The number of carbonyl (C=O) groups is 1. The van der Waals surface area contributed by atoms with Crippen molar-refractivity contribution in [3.05, 3.63) is 35.0 Å². The molecular formula is C10H9N3O2S. The average Bonchev–Trinajstić information content (AvgIpc) is 2.64. The number of aromatic carboxylic acids is 1. The maximum Gasteiger partial charge on any atom is 0.354 e. The van der Waals surface area contributed by atoms with Crippen LogP contribution in [0, 0.1) is 6.92 Å². The van der Waals surface area contributed by atoms with Gasteiger partial charge in [0.15, 0.2) is 10.8 Å². The molecule has 5 nitrogen and oxygen atoms in total. The molecule has 0 spiro atoms. The predicted molar refractivity (Wildman–Crippen MR) is 61.3 cm³/mol. The number of carboxylic acids is 1. The smallest absolute Gasteiger partial charge is 0.354 e. The van der Waals surface area contributed by atoms with Crippen LogP contribution < -0.4 is 5.32 Å². The highest BCUT2D eigenvalue weighted by Crippen LogP contribution is 2.20. The van der Waals surface area contributed by atoms with Gasteiger partial charge in [0.05, 0.1) is 0 Å². The highest BCUT2D eigenvalue weighted by Gasteiger charge is 2.06. The van der Waals surface area contributed by atoms with Crippen LogP contribution in [0.5, 0.6) is 0 Å². The van der Waals surface area contributed by atoms with Gasteiger partial charge in [-0.3, -0.25) is 0 Å². The summed E-state index contributed by atoms with van der Waals surface area (Å²) in [6, 6.07) is 4.78. The van der Waals surface area contributed by atoms with E-state index < -0.39 is 5.97 Å². The minimum Gasteiger partial charge on any atom is -0.477 e. The number of aryl methyl sites for hydroxylation is 1. The van der Waals surface area contributed by atoms with Crippen molar-refractivity contribution in [1.29, 1.82) is 0 Å². The van der Waals surface area contributed by atoms with E-state index in [-0.39, 0.29) is 5.69 Å². The molecule has 0 saturated carbocycles. The Balaban J connectivity index is 2.21. The molecule has 2 rings (SSSR count). The van der Waals surface area contributed by atoms with Crippen molar-refractivity contribution in [3.63, 3.8) is 0 Å². The van der Waals surface area contributed by atoms with Crippen molar-refractivity contribution < 1.29 is 9.90 Å². The van der Waals surface area contributed by atoms with Crippen LogP contribution in [0.15, 0.2) is 24.4 Å². The van der Waals surface area contributed by atoms with Crippen molar-refractivity contribution >= 4 is 28.3 Å². The fourth-order valence-electron chi connectivity index (χ4n) is 1.15. The first kappa shape index (κ1) is 10.6. The first-order valence-corrected chi connectivity index (χ1v) is 5.36. The van der Waals surface area contributed by atoms with Gasteiger partial charge in [-0.25, -0.2) is 14.8 Å². The van der Waals surface area contributed by atoms with E-state index in [0.29, 0.717) is 10.9 Å². The van der Waals surface area contributed by atoms with Crippen LogP contribution >= 0.6 is 11.3 Å². The molecule has 0 saturated heterocycles. The van der Waals surface area contributed by atoms with E-state index in [9.17, 15) is 4.79 Å². The van der Waals surface area contributed by atoms with Gasteiger partial charge in [0.1, 0.15) is 5.82 Å². The minimum absolute atomic E-state index is 0.0123. The van der Waals surface area contributed by atoms with E-state index in [1.165, 1.54) is 17.4 Å². The molecule has 2 N–H and O–H groups in total. The van der Waals surface area contributed by atoms with E-state index in [1.807, 2.05) is 6.92 Å². The number of anilines is 2. The van der Waals surface area contributed by atoms with Gasteiger partial charge in [-0.1, -0.05) is 6.07 Å². The summed E-state index contributed by atoms with van der Waals surface area (Å²) in [5.74, 6) is -0.562. The van der Waals surface area contributed by atoms with E-state index in [0.717, 1.165) is 4.88 Å². The van der Waals surface area contributed by atoms with Gasteiger partial charge in [-0.05, 0) is 19.1 Å². The summed E-state index contributed by atoms with van der Waals surface area (Å²) >= 11 is 1.49. The number of hydrogen-bond acceptors (Lipinski definition) is 5. The van der Waals surface area contributed by atoms with Gasteiger partial charge >= 0.3 is 5.97 Å². The fraction of sp³-hybridized carbons (Fsp3) is 0.100. The van der Waals surface area contributed by atoms with Crippen LogP contribution in [0.3, 0.4) is 0 Å². The second-order valence-corrected chi connectivity index (χ2v) is 4.35. The largest absolute Gasteiger partial charge is 0.477 e. The number of rotatable bonds is 3. The Kier molecular flexibility index (Phi) is 2.82. The fourth-order valence-corrected chi connectivity index (χ4v) is 1.82. The molecule has 2 aromatic rings. The molecule has 0 aliphatic heterocycles. The van der Waals surface area contributed by atoms with Gasteiger partial charge in [0.25, 0.3) is 0 Å². The van der Waals surface area contributed by atoms with Crippen molar-refractivity contribution in [2.45, 2.75) is 6.92 Å². The molecular weight excluding hydrogens is 226 g/mol. The predicted octanol–water partition coefficient (Wildman–Crippen LogP) is 2.29. The van der Waals surface area contributed by atoms with Crippen molar-refractivity contribution in [3.8, 4) is 0 Å². The second kappa shape index (κ2) is 4.28. The maximum atomic E-state index is 10.7. The molecule has 0 aromatic carbocycles. The van der Waals surface area contributed by atoms with E-state index in [1.54, 1.807) is 18.3 Å². The normalized spacial score (nSPS) is 10.1. The number of pyridine rings is 1. The summed E-state index contributed by atoms with van der Waals surface area (Å²) in [7, 11) is 0. The van der Waals surface area contributed by atoms with Crippen LogP contribution in [0.25, 0.3) is 0 Å². The summed E-state index contributed by atoms with van der Waals surface area (Å²) in [6.07, 6.45) is 1.74. The molecule has 0 atom stereocenters. The standard InChI is InChI=1S/C10H9N3O2S/c1-6-5-11-10(16-6)13-8-4-2-3-7(12-8)9(14)15/h2-5H,1H3,(H,14,15)(H,11,12,13). The Morgan fingerprint density at radius 2 is 2.31 bits per heavy atom. The van der Waals surface area contributed by atoms with Gasteiger partial charge in [0.2, 0.25) is 0 Å². The van der Waals surface area contributed by atoms with Crippen molar-refractivity contribution in [1.82, 2.24) is 9.97 Å². The molecule has 0 bridgehead atoms. The molecule has 2 aromatic heterocycles. The molecule has 0 aliphatic carbocycles. The quantitative estimate of drug-likeness (QED) is 0.853. The maximum absolute atomic E-state index is 10.7. The summed E-state index contributed by atoms with van der Waals surface area (Å²) in [4.78, 5) is 19.8. The Morgan fingerprint density at radius 3 is 2.94 bits per heavy atom. The zero-order valence-corrected chi connectivity index (χ0v) is 9.28. The zero-order chi connectivity index (χ0) is 11.5. The number of thiazole rings is 1. The highest BCUT2D eigenvalue weighted by molar-refractivity contribution is 7.15. The number of nitrogens with zero attached hydrogens (tertiary/aromatic N) is 2. The molecule has 6 heteroatoms. The summed E-state index contributed by atoms with van der Waals surface area (Å²) in [5.41, 5.74) is 0.0123. The molecule has 0 aliphatic rings. The van der Waals surface area contributed by atoms with Crippen LogP contribution in [-0.4, -0.2) is 21.0 Å². The van der Waals surface area contributed by atoms with Gasteiger partial charge in [0, 0.05) is 11.1 Å². The highest BCUT2D eigenvalue weighted by atomic mass is 32.1. The van der Waals surface area contributed by atoms with Gasteiger partial charge in [-0.15, -0.1) is 11.3 Å². The Morgan fingerprint density at radius 1 is 1.50 bits per heavy atom. The Labute approximate surface area is 95.8 Å². The third-order valence-electron chi connectivity index (χ3n) is 1.82. The molecule has 0 amide bonds. The Bertz CT molecular complexity index is 524. The van der Waals surface area contributed by atoms with Gasteiger partial charge in [-0.2, -0.15) is 0 Å². The summed E-state index contributed by atoms with van der Waals surface area (Å²) < 4.78 is 0. The number of carboxylic acid groups (broad SMARTS) is 1. The van der Waals surface area contributed by atoms with Gasteiger partial charge < -0.3 is 10.4 Å². The molecule has 16 heavy (non-hydrogen) atoms. The minimum atomic E-state index is -1.04. The average molecular weight is 235 g/mol. The summed E-state index contributed by atoms with van der Waals surface area (Å²) in [5, 5.41) is 12.4. The van der Waals surface area contributed by atoms with Crippen LogP contribution in [0.1, 0.15) is 15.4 Å². The van der Waals surface area contributed by atoms with Crippen LogP contribution in [-0.2, 0) is 0 Å². The molecule has 0 unspecified atom stereocenters. The lowest BCUT2D eigenvalue weighted by Crippen LogP contribution is -2.02. The lowest BCUT2D eigenvalue weighted by molar-refractivity contribution is 0.0690. The number of hydrogen-bond donors (Lipinski definition) is 2. The van der Waals surface area contributed by atoms with E-state index in [4.69, 9.17) is 5.11 Å². The first-order valence-electron chi connectivity index (χ1n) is 4.55. The summed E-state index contributed by atoms with van der Waals surface area (Å²) in [6.45, 7) is 1.95. The SMILES string of the molecule is Cc1cnc(Nc2cccc(C(=O)O)n2)s1. The van der Waals surface area contributed by atoms with Crippen LogP contribution in [0.4, 0.5) is 10.9 Å². The third kappa shape index (κ3) is 2.34. The zero-order valence-electron chi connectivity index (χ0n) is 8.47. The Hall–Kier alpha value is -1.95. The van der Waals surface area contributed by atoms with E-state index >= 15 is 0 Å². The molecule has 82 valence electrons. The number of aromatic nitrogens is 2. The third-order valence-corrected chi connectivity index (χ3v) is 2.65. The molecule has 2 heterocycles. The van der Waals surface area contributed by atoms with Crippen molar-refractivity contribution in [2.24, 2.45) is 0 Å². The first-order chi connectivity index (χ1) is 7.65.